The van der Waals surface area contributed by atoms with Crippen LogP contribution in [-0.2, 0) is 6.42 Å². The van der Waals surface area contributed by atoms with Gasteiger partial charge in [0.15, 0.2) is 5.13 Å². The SMILES string of the molecule is CCc1ccc2nc(N(CCN(C)C)C(=O)c3cc(Cl)ccc3[N+](=O)[O-])sc2c1. The number of carbonyl (C=O) groups is 1. The van der Waals surface area contributed by atoms with E-state index in [1.807, 2.05) is 31.1 Å². The normalized spacial score (nSPS) is 11.2. The minimum atomic E-state index is -0.570. The van der Waals surface area contributed by atoms with E-state index in [0.717, 1.165) is 16.6 Å². The van der Waals surface area contributed by atoms with Gasteiger partial charge in [-0.15, -0.1) is 0 Å². The van der Waals surface area contributed by atoms with Crippen molar-refractivity contribution in [1.29, 1.82) is 0 Å². The Labute approximate surface area is 177 Å². The average molecular weight is 433 g/mol. The van der Waals surface area contributed by atoms with E-state index in [4.69, 9.17) is 11.6 Å². The molecule has 0 N–H and O–H groups in total. The molecule has 0 aliphatic rings. The monoisotopic (exact) mass is 432 g/mol. The van der Waals surface area contributed by atoms with Crippen molar-refractivity contribution < 1.29 is 9.72 Å². The lowest BCUT2D eigenvalue weighted by atomic mass is 10.1. The zero-order valence-corrected chi connectivity index (χ0v) is 18.0. The first-order valence-corrected chi connectivity index (χ1v) is 10.3. The summed E-state index contributed by atoms with van der Waals surface area (Å²) in [6.45, 7) is 3.00. The lowest BCUT2D eigenvalue weighted by Crippen LogP contribution is -2.37. The maximum Gasteiger partial charge on any atom is 0.282 e. The number of carbonyl (C=O) groups excluding carboxylic acids is 1. The van der Waals surface area contributed by atoms with Gasteiger partial charge in [0.2, 0.25) is 0 Å². The van der Waals surface area contributed by atoms with Crippen molar-refractivity contribution in [3.8, 4) is 0 Å². The Morgan fingerprint density at radius 3 is 2.62 bits per heavy atom. The predicted molar refractivity (Wildman–Crippen MR) is 117 cm³/mol. The number of anilines is 1. The van der Waals surface area contributed by atoms with Crippen LogP contribution >= 0.6 is 22.9 Å². The second-order valence-electron chi connectivity index (χ2n) is 6.83. The van der Waals surface area contributed by atoms with Crippen LogP contribution in [0.3, 0.4) is 0 Å². The molecular formula is C20H21ClN4O3S. The Morgan fingerprint density at radius 2 is 1.97 bits per heavy atom. The number of likely N-dealkylation sites (N-methyl/N-ethyl adjacent to an activating group) is 1. The van der Waals surface area contributed by atoms with Gasteiger partial charge in [-0.2, -0.15) is 0 Å². The number of hydrogen-bond acceptors (Lipinski definition) is 6. The van der Waals surface area contributed by atoms with Crippen LogP contribution in [0.4, 0.5) is 10.8 Å². The fourth-order valence-electron chi connectivity index (χ4n) is 2.86. The summed E-state index contributed by atoms with van der Waals surface area (Å²) in [5, 5.41) is 12.2. The molecule has 0 radical (unpaired) electrons. The second-order valence-corrected chi connectivity index (χ2v) is 8.28. The van der Waals surface area contributed by atoms with Gasteiger partial charge in [-0.3, -0.25) is 19.8 Å². The summed E-state index contributed by atoms with van der Waals surface area (Å²) in [6.07, 6.45) is 0.904. The number of nitrogens with zero attached hydrogens (tertiary/aromatic N) is 4. The first-order chi connectivity index (χ1) is 13.8. The van der Waals surface area contributed by atoms with Gasteiger partial charge in [0.1, 0.15) is 5.56 Å². The van der Waals surface area contributed by atoms with Crippen molar-refractivity contribution in [3.05, 3.63) is 62.7 Å². The summed E-state index contributed by atoms with van der Waals surface area (Å²) in [5.74, 6) is -0.490. The van der Waals surface area contributed by atoms with Gasteiger partial charge in [0.05, 0.1) is 15.1 Å². The summed E-state index contributed by atoms with van der Waals surface area (Å²) in [6, 6.07) is 10.0. The molecule has 0 unspecified atom stereocenters. The van der Waals surface area contributed by atoms with E-state index in [0.29, 0.717) is 18.2 Å². The number of hydrogen-bond donors (Lipinski definition) is 0. The quantitative estimate of drug-likeness (QED) is 0.401. The zero-order chi connectivity index (χ0) is 21.1. The number of fused-ring (bicyclic) bond motifs is 1. The highest BCUT2D eigenvalue weighted by atomic mass is 35.5. The number of rotatable bonds is 7. The van der Waals surface area contributed by atoms with Gasteiger partial charge in [0.25, 0.3) is 11.6 Å². The molecule has 0 saturated heterocycles. The first-order valence-electron chi connectivity index (χ1n) is 9.10. The number of thiazole rings is 1. The van der Waals surface area contributed by atoms with E-state index in [1.165, 1.54) is 40.0 Å². The lowest BCUT2D eigenvalue weighted by molar-refractivity contribution is -0.385. The van der Waals surface area contributed by atoms with Crippen LogP contribution in [0.15, 0.2) is 36.4 Å². The Morgan fingerprint density at radius 1 is 1.21 bits per heavy atom. The second kappa shape index (κ2) is 8.86. The van der Waals surface area contributed by atoms with Crippen LogP contribution in [0.5, 0.6) is 0 Å². The van der Waals surface area contributed by atoms with E-state index in [2.05, 4.69) is 18.0 Å². The molecule has 0 spiro atoms. The number of aryl methyl sites for hydroxylation is 1. The van der Waals surface area contributed by atoms with Crippen LogP contribution in [0, 0.1) is 10.1 Å². The minimum absolute atomic E-state index is 0.0465. The van der Waals surface area contributed by atoms with Gasteiger partial charge in [0, 0.05) is 24.2 Å². The third-order valence-corrected chi connectivity index (χ3v) is 5.76. The van der Waals surface area contributed by atoms with Gasteiger partial charge in [-0.25, -0.2) is 4.98 Å². The summed E-state index contributed by atoms with van der Waals surface area (Å²) >= 11 is 7.43. The molecule has 0 fully saturated rings. The summed E-state index contributed by atoms with van der Waals surface area (Å²) in [4.78, 5) is 32.3. The van der Waals surface area contributed by atoms with Gasteiger partial charge < -0.3 is 4.90 Å². The number of amides is 1. The third kappa shape index (κ3) is 4.72. The molecule has 1 aromatic heterocycles. The molecule has 2 aromatic carbocycles. The third-order valence-electron chi connectivity index (χ3n) is 4.48. The molecular weight excluding hydrogens is 412 g/mol. The highest BCUT2D eigenvalue weighted by Gasteiger charge is 2.28. The van der Waals surface area contributed by atoms with E-state index in [-0.39, 0.29) is 16.3 Å². The van der Waals surface area contributed by atoms with Crippen LogP contribution in [-0.4, -0.2) is 47.9 Å². The zero-order valence-electron chi connectivity index (χ0n) is 16.4. The number of aromatic nitrogens is 1. The van der Waals surface area contributed by atoms with Crippen LogP contribution in [0.25, 0.3) is 10.2 Å². The van der Waals surface area contributed by atoms with Crippen LogP contribution in [0.1, 0.15) is 22.8 Å². The molecule has 0 atom stereocenters. The van der Waals surface area contributed by atoms with Crippen molar-refractivity contribution in [1.82, 2.24) is 9.88 Å². The van der Waals surface area contributed by atoms with Crippen LogP contribution in [0.2, 0.25) is 5.02 Å². The molecule has 0 aliphatic carbocycles. The molecule has 3 rings (SSSR count). The molecule has 0 aliphatic heterocycles. The fourth-order valence-corrected chi connectivity index (χ4v) is 4.09. The molecule has 152 valence electrons. The number of halogens is 1. The van der Waals surface area contributed by atoms with E-state index >= 15 is 0 Å². The molecule has 9 heteroatoms. The lowest BCUT2D eigenvalue weighted by Gasteiger charge is -2.22. The number of nitro groups is 1. The molecule has 7 nitrogen and oxygen atoms in total. The smallest absolute Gasteiger partial charge is 0.282 e. The first kappa shape index (κ1) is 21.2. The van der Waals surface area contributed by atoms with E-state index in [1.54, 1.807) is 0 Å². The van der Waals surface area contributed by atoms with E-state index < -0.39 is 10.8 Å². The van der Waals surface area contributed by atoms with Crippen molar-refractivity contribution in [2.75, 3.05) is 32.1 Å². The summed E-state index contributed by atoms with van der Waals surface area (Å²) in [7, 11) is 3.80. The largest absolute Gasteiger partial charge is 0.308 e. The van der Waals surface area contributed by atoms with Crippen molar-refractivity contribution in [2.45, 2.75) is 13.3 Å². The summed E-state index contributed by atoms with van der Waals surface area (Å²) in [5.41, 5.74) is 1.66. The summed E-state index contributed by atoms with van der Waals surface area (Å²) < 4.78 is 0.975. The topological polar surface area (TPSA) is 79.6 Å². The number of nitro benzene ring substituents is 1. The maximum absolute atomic E-state index is 13.3. The molecule has 29 heavy (non-hydrogen) atoms. The van der Waals surface area contributed by atoms with Gasteiger partial charge >= 0.3 is 0 Å². The number of benzene rings is 2. The Kier molecular flexibility index (Phi) is 6.46. The molecule has 1 heterocycles. The highest BCUT2D eigenvalue weighted by Crippen LogP contribution is 2.32. The average Bonchev–Trinajstić information content (AvgIpc) is 3.10. The van der Waals surface area contributed by atoms with Crippen molar-refractivity contribution in [3.63, 3.8) is 0 Å². The molecule has 0 saturated carbocycles. The van der Waals surface area contributed by atoms with Gasteiger partial charge in [-0.05, 0) is 50.3 Å². The molecule has 0 bridgehead atoms. The Hall–Kier alpha value is -2.55. The van der Waals surface area contributed by atoms with Crippen molar-refractivity contribution >= 4 is 49.9 Å². The molecule has 3 aromatic rings. The van der Waals surface area contributed by atoms with Gasteiger partial charge in [-0.1, -0.05) is 35.9 Å². The maximum atomic E-state index is 13.3. The minimum Gasteiger partial charge on any atom is -0.308 e. The highest BCUT2D eigenvalue weighted by molar-refractivity contribution is 7.22. The van der Waals surface area contributed by atoms with E-state index in [9.17, 15) is 14.9 Å². The van der Waals surface area contributed by atoms with Crippen molar-refractivity contribution in [2.24, 2.45) is 0 Å². The fraction of sp³-hybridized carbons (Fsp3) is 0.300. The predicted octanol–water partition coefficient (Wildman–Crippen LogP) is 4.63. The Balaban J connectivity index is 2.07. The standard InChI is InChI=1S/C20H21ClN4O3S/c1-4-13-5-7-16-18(11-13)29-20(22-16)24(10-9-23(2)3)19(26)15-12-14(21)6-8-17(15)25(27)28/h5-8,11-12H,4,9-10H2,1-3H3. The molecule has 1 amide bonds. The van der Waals surface area contributed by atoms with Crippen LogP contribution < -0.4 is 4.90 Å². The Bertz CT molecular complexity index is 1070.